The summed E-state index contributed by atoms with van der Waals surface area (Å²) in [5.74, 6) is 0. The second-order valence-electron chi connectivity index (χ2n) is 17.4. The minimum Gasteiger partial charge on any atom is -0.309 e. The zero-order valence-corrected chi connectivity index (χ0v) is 34.9. The molecule has 0 fully saturated rings. The molecule has 0 saturated heterocycles. The molecule has 2 aliphatic rings. The second kappa shape index (κ2) is 12.2. The van der Waals surface area contributed by atoms with Gasteiger partial charge in [0.1, 0.15) is 0 Å². The van der Waals surface area contributed by atoms with Crippen LogP contribution in [0.5, 0.6) is 0 Å². The van der Waals surface area contributed by atoms with Crippen molar-refractivity contribution in [2.24, 2.45) is 9.98 Å². The Balaban J connectivity index is 1.08. The molecule has 2 aromatic heterocycles. The highest BCUT2D eigenvalue weighted by molar-refractivity contribution is 8.16. The Bertz CT molecular complexity index is 2780. The SMILES string of the molecule is CC1(C)N=C(c2cccc(-n3c4ccccc4c4cc(-c5ccc6c(c5)c5ccccc5n6-c5cccc(C6=NC(C)(C)C(C)(C)S6)c5)ccc43)c2)SC1(C)C. The fraction of sp³-hybridized carbons (Fsp3) is 0.240. The van der Waals surface area contributed by atoms with Gasteiger partial charge in [0.05, 0.1) is 43.2 Å². The molecule has 0 atom stereocenters. The Labute approximate surface area is 337 Å². The van der Waals surface area contributed by atoms with Crippen LogP contribution in [0.3, 0.4) is 0 Å². The summed E-state index contributed by atoms with van der Waals surface area (Å²) in [5.41, 5.74) is 11.6. The number of para-hydroxylation sites is 2. The third kappa shape index (κ3) is 5.36. The van der Waals surface area contributed by atoms with Gasteiger partial charge in [0.25, 0.3) is 0 Å². The first-order valence-corrected chi connectivity index (χ1v) is 21.2. The lowest BCUT2D eigenvalue weighted by molar-refractivity contribution is 0.426. The van der Waals surface area contributed by atoms with E-state index in [1.54, 1.807) is 0 Å². The number of rotatable bonds is 5. The van der Waals surface area contributed by atoms with Crippen LogP contribution in [0.25, 0.3) is 66.1 Å². The van der Waals surface area contributed by atoms with Crippen molar-refractivity contribution in [1.29, 1.82) is 0 Å². The Morgan fingerprint density at radius 2 is 0.768 bits per heavy atom. The molecular weight excluding hydrogens is 721 g/mol. The average molecular weight is 767 g/mol. The number of thioether (sulfide) groups is 2. The Kier molecular flexibility index (Phi) is 7.73. The monoisotopic (exact) mass is 766 g/mol. The quantitative estimate of drug-likeness (QED) is 0.175. The molecule has 6 aromatic carbocycles. The first-order valence-electron chi connectivity index (χ1n) is 19.6. The highest BCUT2D eigenvalue weighted by atomic mass is 32.2. The molecule has 0 saturated carbocycles. The predicted octanol–water partition coefficient (Wildman–Crippen LogP) is 13.6. The molecule has 10 rings (SSSR count). The van der Waals surface area contributed by atoms with E-state index in [1.807, 2.05) is 23.5 Å². The topological polar surface area (TPSA) is 34.6 Å². The van der Waals surface area contributed by atoms with E-state index in [2.05, 4.69) is 198 Å². The van der Waals surface area contributed by atoms with Gasteiger partial charge in [-0.15, -0.1) is 0 Å². The first kappa shape index (κ1) is 35.4. The van der Waals surface area contributed by atoms with Gasteiger partial charge >= 0.3 is 0 Å². The summed E-state index contributed by atoms with van der Waals surface area (Å²) >= 11 is 3.76. The number of aromatic nitrogens is 2. The summed E-state index contributed by atoms with van der Waals surface area (Å²) in [6, 6.07) is 49.3. The molecular formula is C50H46N4S2. The van der Waals surface area contributed by atoms with Crippen molar-refractivity contribution in [3.05, 3.63) is 145 Å². The van der Waals surface area contributed by atoms with Gasteiger partial charge in [-0.1, -0.05) is 96.3 Å². The summed E-state index contributed by atoms with van der Waals surface area (Å²) in [6.07, 6.45) is 0. The Hall–Kier alpha value is -5.04. The third-order valence-electron chi connectivity index (χ3n) is 12.8. The van der Waals surface area contributed by atoms with E-state index in [0.717, 1.165) is 21.5 Å². The second-order valence-corrected chi connectivity index (χ2v) is 20.7. The van der Waals surface area contributed by atoms with Crippen LogP contribution in [0.1, 0.15) is 66.5 Å². The maximum atomic E-state index is 5.19. The van der Waals surface area contributed by atoms with Gasteiger partial charge < -0.3 is 9.13 Å². The zero-order valence-electron chi connectivity index (χ0n) is 33.3. The van der Waals surface area contributed by atoms with Crippen LogP contribution in [-0.2, 0) is 0 Å². The summed E-state index contributed by atoms with van der Waals surface area (Å²) < 4.78 is 4.89. The van der Waals surface area contributed by atoms with Crippen molar-refractivity contribution in [3.8, 4) is 22.5 Å². The summed E-state index contributed by atoms with van der Waals surface area (Å²) in [4.78, 5) is 10.4. The van der Waals surface area contributed by atoms with E-state index in [0.29, 0.717) is 0 Å². The number of nitrogens with zero attached hydrogens (tertiary/aromatic N) is 4. The van der Waals surface area contributed by atoms with Crippen molar-refractivity contribution in [2.45, 2.75) is 76.0 Å². The number of hydrogen-bond acceptors (Lipinski definition) is 4. The molecule has 4 nitrogen and oxygen atoms in total. The van der Waals surface area contributed by atoms with Crippen LogP contribution in [-0.4, -0.2) is 39.8 Å². The molecule has 0 N–H and O–H groups in total. The van der Waals surface area contributed by atoms with Crippen LogP contribution in [0.15, 0.2) is 143 Å². The lowest BCUT2D eigenvalue weighted by Gasteiger charge is -2.30. The smallest absolute Gasteiger partial charge is 0.0990 e. The highest BCUT2D eigenvalue weighted by Crippen LogP contribution is 2.48. The van der Waals surface area contributed by atoms with Crippen LogP contribution in [0, 0.1) is 0 Å². The summed E-state index contributed by atoms with van der Waals surface area (Å²) in [5, 5.41) is 7.22. The van der Waals surface area contributed by atoms with Crippen LogP contribution >= 0.6 is 23.5 Å². The van der Waals surface area contributed by atoms with E-state index in [9.17, 15) is 0 Å². The zero-order chi connectivity index (χ0) is 38.8. The maximum Gasteiger partial charge on any atom is 0.0990 e. The van der Waals surface area contributed by atoms with Gasteiger partial charge in [-0.2, -0.15) is 0 Å². The molecule has 278 valence electrons. The largest absolute Gasteiger partial charge is 0.309 e. The first-order chi connectivity index (χ1) is 26.7. The van der Waals surface area contributed by atoms with Crippen LogP contribution in [0.2, 0.25) is 0 Å². The third-order valence-corrected chi connectivity index (χ3v) is 15.9. The van der Waals surface area contributed by atoms with E-state index in [1.165, 1.54) is 65.9 Å². The number of benzene rings is 6. The summed E-state index contributed by atoms with van der Waals surface area (Å²) in [6.45, 7) is 18.1. The number of fused-ring (bicyclic) bond motifs is 6. The van der Waals surface area contributed by atoms with Gasteiger partial charge in [-0.25, -0.2) is 0 Å². The molecule has 6 heteroatoms. The van der Waals surface area contributed by atoms with Gasteiger partial charge in [-0.05, 0) is 127 Å². The van der Waals surface area contributed by atoms with Crippen molar-refractivity contribution < 1.29 is 0 Å². The summed E-state index contributed by atoms with van der Waals surface area (Å²) in [7, 11) is 0. The molecule has 0 spiro atoms. The van der Waals surface area contributed by atoms with E-state index in [-0.39, 0.29) is 20.6 Å². The Morgan fingerprint density at radius 3 is 1.16 bits per heavy atom. The molecule has 0 aliphatic carbocycles. The number of aliphatic imine (C=N–C) groups is 2. The normalized spacial score (nSPS) is 18.3. The van der Waals surface area contributed by atoms with E-state index in [4.69, 9.17) is 9.98 Å². The fourth-order valence-corrected chi connectivity index (χ4v) is 10.8. The van der Waals surface area contributed by atoms with Crippen molar-refractivity contribution >= 4 is 77.2 Å². The van der Waals surface area contributed by atoms with E-state index < -0.39 is 0 Å². The van der Waals surface area contributed by atoms with Crippen molar-refractivity contribution in [3.63, 3.8) is 0 Å². The molecule has 0 amide bonds. The van der Waals surface area contributed by atoms with Gasteiger partial charge in [0.15, 0.2) is 0 Å². The minimum atomic E-state index is -0.130. The van der Waals surface area contributed by atoms with Crippen LogP contribution < -0.4 is 0 Å². The average Bonchev–Trinajstić information content (AvgIpc) is 3.83. The van der Waals surface area contributed by atoms with Crippen molar-refractivity contribution in [2.75, 3.05) is 0 Å². The predicted molar refractivity (Wildman–Crippen MR) is 245 cm³/mol. The molecule has 8 aromatic rings. The fourth-order valence-electron chi connectivity index (χ4n) is 8.22. The molecule has 0 radical (unpaired) electrons. The maximum absolute atomic E-state index is 5.19. The Morgan fingerprint density at radius 1 is 0.375 bits per heavy atom. The molecule has 2 aliphatic heterocycles. The van der Waals surface area contributed by atoms with Gasteiger partial charge in [0, 0.05) is 53.5 Å². The van der Waals surface area contributed by atoms with Crippen molar-refractivity contribution in [1.82, 2.24) is 9.13 Å². The lowest BCUT2D eigenvalue weighted by Crippen LogP contribution is -2.36. The van der Waals surface area contributed by atoms with Gasteiger partial charge in [0.2, 0.25) is 0 Å². The molecule has 56 heavy (non-hydrogen) atoms. The standard InChI is InChI=1S/C50H46N4S2/c1-47(2)49(5,6)55-45(51-47)33-15-13-17-35(27-33)53-41-21-11-9-19-37(41)39-29-31(23-25-43(39)53)32-24-26-44-40(30-32)38-20-10-12-22-42(38)54(44)36-18-14-16-34(28-36)46-52-48(3,4)50(7,8)56-46/h9-30H,1-8H3. The van der Waals surface area contributed by atoms with Gasteiger partial charge in [-0.3, -0.25) is 9.98 Å². The molecule has 0 bridgehead atoms. The van der Waals surface area contributed by atoms with E-state index >= 15 is 0 Å². The number of hydrogen-bond donors (Lipinski definition) is 0. The molecule has 4 heterocycles. The highest BCUT2D eigenvalue weighted by Gasteiger charge is 2.45. The minimum absolute atomic E-state index is 0.0316. The lowest BCUT2D eigenvalue weighted by atomic mass is 9.91. The van der Waals surface area contributed by atoms with Crippen LogP contribution in [0.4, 0.5) is 0 Å². The molecule has 0 unspecified atom stereocenters.